The van der Waals surface area contributed by atoms with Gasteiger partial charge in [-0.15, -0.1) is 0 Å². The maximum atomic E-state index is 12.5. The number of nitrogens with two attached hydrogens (primary N) is 2. The van der Waals surface area contributed by atoms with E-state index < -0.39 is 35.7 Å². The minimum atomic E-state index is -1.03. The van der Waals surface area contributed by atoms with E-state index >= 15 is 0 Å². The van der Waals surface area contributed by atoms with Crippen LogP contribution < -0.4 is 16.8 Å². The molecule has 0 aliphatic rings. The minimum absolute atomic E-state index is 0.0662. The Balaban J connectivity index is 4.57. The Morgan fingerprint density at radius 2 is 1.38 bits per heavy atom. The highest BCUT2D eigenvalue weighted by atomic mass is 16.4. The van der Waals surface area contributed by atoms with Crippen LogP contribution in [-0.2, 0) is 28.8 Å². The molecule has 182 valence electrons. The Hall–Kier alpha value is -2.78. The summed E-state index contributed by atoms with van der Waals surface area (Å²) in [6.07, 6.45) is 2.91. The Kier molecular flexibility index (Phi) is 14.6. The first-order valence-corrected chi connectivity index (χ1v) is 11.1. The fourth-order valence-electron chi connectivity index (χ4n) is 3.31. The smallest absolute Gasteiger partial charge is 0.306 e. The quantitative estimate of drug-likeness (QED) is 0.211. The van der Waals surface area contributed by atoms with E-state index in [4.69, 9.17) is 11.5 Å². The number of unbranched alkanes of at least 4 members (excludes halogenated alkanes) is 1. The van der Waals surface area contributed by atoms with Crippen molar-refractivity contribution in [3.05, 3.63) is 0 Å². The van der Waals surface area contributed by atoms with Crippen LogP contribution in [-0.4, -0.2) is 46.4 Å². The fraction of sp³-hybridized carbons (Fsp3) is 0.727. The van der Waals surface area contributed by atoms with Crippen molar-refractivity contribution in [3.8, 4) is 0 Å². The molecule has 0 saturated carbocycles. The number of carboxylic acids is 1. The molecule has 0 radical (unpaired) electrons. The molecule has 32 heavy (non-hydrogen) atoms. The van der Waals surface area contributed by atoms with Gasteiger partial charge in [-0.1, -0.05) is 13.3 Å². The molecule has 10 heteroatoms. The summed E-state index contributed by atoms with van der Waals surface area (Å²) < 4.78 is 0. The zero-order valence-electron chi connectivity index (χ0n) is 19.1. The van der Waals surface area contributed by atoms with Gasteiger partial charge in [0.05, 0.1) is 5.92 Å². The van der Waals surface area contributed by atoms with Gasteiger partial charge < -0.3 is 26.7 Å². The van der Waals surface area contributed by atoms with Gasteiger partial charge in [-0.3, -0.25) is 24.0 Å². The summed E-state index contributed by atoms with van der Waals surface area (Å²) in [4.78, 5) is 69.5. The molecule has 0 rings (SSSR count). The van der Waals surface area contributed by atoms with Gasteiger partial charge in [0.25, 0.3) is 0 Å². The van der Waals surface area contributed by atoms with E-state index in [0.29, 0.717) is 25.7 Å². The van der Waals surface area contributed by atoms with Crippen molar-refractivity contribution in [1.82, 2.24) is 5.32 Å². The molecule has 0 heterocycles. The zero-order chi connectivity index (χ0) is 24.7. The lowest BCUT2D eigenvalue weighted by molar-refractivity contribution is -0.142. The highest BCUT2D eigenvalue weighted by molar-refractivity contribution is 5.88. The van der Waals surface area contributed by atoms with Gasteiger partial charge in [0, 0.05) is 31.6 Å². The van der Waals surface area contributed by atoms with Crippen LogP contribution in [0, 0.1) is 11.8 Å². The van der Waals surface area contributed by atoms with Crippen LogP contribution >= 0.6 is 0 Å². The van der Waals surface area contributed by atoms with Crippen LogP contribution in [0.2, 0.25) is 0 Å². The molecule has 3 amide bonds. The molecule has 0 bridgehead atoms. The first-order valence-electron chi connectivity index (χ1n) is 11.1. The third kappa shape index (κ3) is 13.5. The van der Waals surface area contributed by atoms with Gasteiger partial charge >= 0.3 is 5.97 Å². The van der Waals surface area contributed by atoms with Crippen molar-refractivity contribution < 1.29 is 33.9 Å². The second kappa shape index (κ2) is 15.9. The second-order valence-corrected chi connectivity index (χ2v) is 8.17. The number of Topliss-reactive ketones (excluding diaryl/α,β-unsaturated/α-hetero) is 2. The van der Waals surface area contributed by atoms with Gasteiger partial charge in [-0.25, -0.2) is 0 Å². The molecule has 0 spiro atoms. The van der Waals surface area contributed by atoms with Gasteiger partial charge in [-0.05, 0) is 45.4 Å². The first kappa shape index (κ1) is 29.2. The lowest BCUT2D eigenvalue weighted by Gasteiger charge is -2.20. The van der Waals surface area contributed by atoms with Crippen molar-refractivity contribution in [2.24, 2.45) is 23.3 Å². The van der Waals surface area contributed by atoms with Crippen molar-refractivity contribution in [3.63, 3.8) is 0 Å². The number of carbonyl (C=O) groups is 6. The average Bonchev–Trinajstić information content (AvgIpc) is 2.69. The number of nitrogens with one attached hydrogen (secondary N) is 1. The van der Waals surface area contributed by atoms with Crippen LogP contribution in [0.1, 0.15) is 84.5 Å². The van der Waals surface area contributed by atoms with E-state index in [2.05, 4.69) is 5.32 Å². The first-order chi connectivity index (χ1) is 15.0. The summed E-state index contributed by atoms with van der Waals surface area (Å²) in [6, 6.07) is -0.863. The SMILES string of the molecule is CCC(CCC(=O)CCC(CCC(C)=O)C(=O)O)C(=O)N[C@@H](CCCCC(N)=O)C(N)=O. The number of rotatable bonds is 19. The zero-order valence-corrected chi connectivity index (χ0v) is 19.1. The predicted octanol–water partition coefficient (Wildman–Crippen LogP) is 1.23. The van der Waals surface area contributed by atoms with Crippen LogP contribution in [0.5, 0.6) is 0 Å². The number of hydrogen-bond donors (Lipinski definition) is 4. The third-order valence-corrected chi connectivity index (χ3v) is 5.43. The van der Waals surface area contributed by atoms with Crippen molar-refractivity contribution in [2.75, 3.05) is 0 Å². The van der Waals surface area contributed by atoms with Crippen molar-refractivity contribution in [1.29, 1.82) is 0 Å². The molecule has 0 aromatic carbocycles. The monoisotopic (exact) mass is 455 g/mol. The lowest BCUT2D eigenvalue weighted by atomic mass is 9.92. The molecule has 0 saturated heterocycles. The minimum Gasteiger partial charge on any atom is -0.481 e. The Bertz CT molecular complexity index is 678. The van der Waals surface area contributed by atoms with E-state index in [0.717, 1.165) is 0 Å². The Morgan fingerprint density at radius 3 is 1.84 bits per heavy atom. The van der Waals surface area contributed by atoms with Gasteiger partial charge in [0.2, 0.25) is 17.7 Å². The third-order valence-electron chi connectivity index (χ3n) is 5.43. The topological polar surface area (TPSA) is 187 Å². The van der Waals surface area contributed by atoms with E-state index in [1.807, 2.05) is 0 Å². The lowest BCUT2D eigenvalue weighted by Crippen LogP contribution is -2.46. The summed E-state index contributed by atoms with van der Waals surface area (Å²) >= 11 is 0. The number of carboxylic acid groups (broad SMARTS) is 1. The Morgan fingerprint density at radius 1 is 0.812 bits per heavy atom. The normalized spacial score (nSPS) is 13.6. The van der Waals surface area contributed by atoms with Gasteiger partial charge in [0.15, 0.2) is 0 Å². The number of aliphatic carboxylic acids is 1. The molecule has 6 N–H and O–H groups in total. The highest BCUT2D eigenvalue weighted by Crippen LogP contribution is 2.18. The molecule has 0 aromatic rings. The molecule has 0 aromatic heterocycles. The number of carbonyl (C=O) groups excluding carboxylic acids is 5. The average molecular weight is 456 g/mol. The van der Waals surface area contributed by atoms with Crippen LogP contribution in [0.4, 0.5) is 0 Å². The van der Waals surface area contributed by atoms with Crippen LogP contribution in [0.15, 0.2) is 0 Å². The van der Waals surface area contributed by atoms with Crippen LogP contribution in [0.3, 0.4) is 0 Å². The van der Waals surface area contributed by atoms with Crippen molar-refractivity contribution in [2.45, 2.75) is 90.5 Å². The van der Waals surface area contributed by atoms with E-state index in [1.165, 1.54) is 6.92 Å². The summed E-state index contributed by atoms with van der Waals surface area (Å²) in [5.41, 5.74) is 10.4. The molecule has 0 aliphatic carbocycles. The Labute approximate surface area is 188 Å². The summed E-state index contributed by atoms with van der Waals surface area (Å²) in [6.45, 7) is 3.19. The number of hydrogen-bond acceptors (Lipinski definition) is 6. The maximum absolute atomic E-state index is 12.5. The fourth-order valence-corrected chi connectivity index (χ4v) is 3.31. The van der Waals surface area contributed by atoms with Gasteiger partial charge in [0.1, 0.15) is 17.6 Å². The molecule has 0 aliphatic heterocycles. The van der Waals surface area contributed by atoms with Gasteiger partial charge in [-0.2, -0.15) is 0 Å². The summed E-state index contributed by atoms with van der Waals surface area (Å²) in [7, 11) is 0. The van der Waals surface area contributed by atoms with E-state index in [-0.39, 0.29) is 62.4 Å². The second-order valence-electron chi connectivity index (χ2n) is 8.17. The number of ketones is 2. The standard InChI is InChI=1S/C22H37N3O7/c1-3-15(21(30)25-18(20(24)29)6-4-5-7-19(23)28)10-12-17(27)13-11-16(22(31)32)9-8-14(2)26/h15-16,18H,3-13H2,1-2H3,(H2,23,28)(H2,24,29)(H,25,30)(H,31,32)/t15?,16?,18-/m0/s1. The highest BCUT2D eigenvalue weighted by Gasteiger charge is 2.24. The summed E-state index contributed by atoms with van der Waals surface area (Å²) in [5, 5.41) is 11.8. The maximum Gasteiger partial charge on any atom is 0.306 e. The van der Waals surface area contributed by atoms with Crippen LogP contribution in [0.25, 0.3) is 0 Å². The number of primary amides is 2. The summed E-state index contributed by atoms with van der Waals surface area (Å²) in [5.74, 6) is -3.99. The predicted molar refractivity (Wildman–Crippen MR) is 117 cm³/mol. The van der Waals surface area contributed by atoms with E-state index in [1.54, 1.807) is 6.92 Å². The molecular weight excluding hydrogens is 418 g/mol. The molecule has 10 nitrogen and oxygen atoms in total. The van der Waals surface area contributed by atoms with E-state index in [9.17, 15) is 33.9 Å². The largest absolute Gasteiger partial charge is 0.481 e. The van der Waals surface area contributed by atoms with Crippen molar-refractivity contribution >= 4 is 35.3 Å². The molecular formula is C22H37N3O7. The molecule has 3 atom stereocenters. The molecule has 2 unspecified atom stereocenters. The molecule has 0 fully saturated rings. The number of amides is 3.